The Kier molecular flexibility index (Phi) is 4.18. The fraction of sp³-hybridized carbons (Fsp3) is 0.364. The Morgan fingerprint density at radius 2 is 1.78 bits per heavy atom. The van der Waals surface area contributed by atoms with Gasteiger partial charge in [-0.1, -0.05) is 12.1 Å². The molecule has 0 aromatic heterocycles. The summed E-state index contributed by atoms with van der Waals surface area (Å²) < 4.78 is 36.0. The lowest BCUT2D eigenvalue weighted by Crippen LogP contribution is -2.44. The molecule has 1 amide bonds. The number of phenols is 1. The smallest absolute Gasteiger partial charge is 0.471 e. The molecule has 0 radical (unpaired) electrons. The highest BCUT2D eigenvalue weighted by atomic mass is 19.4. The third-order valence-electron chi connectivity index (χ3n) is 2.32. The van der Waals surface area contributed by atoms with Gasteiger partial charge in [0.2, 0.25) is 0 Å². The summed E-state index contributed by atoms with van der Waals surface area (Å²) in [6.07, 6.45) is -6.28. The number of rotatable bonds is 3. The summed E-state index contributed by atoms with van der Waals surface area (Å²) in [6, 6.07) is 4.18. The van der Waals surface area contributed by atoms with Crippen LogP contribution in [0.25, 0.3) is 0 Å². The van der Waals surface area contributed by atoms with Crippen molar-refractivity contribution in [1.82, 2.24) is 5.32 Å². The van der Waals surface area contributed by atoms with Crippen molar-refractivity contribution in [3.05, 3.63) is 29.8 Å². The monoisotopic (exact) mass is 263 g/mol. The zero-order chi connectivity index (χ0) is 13.9. The Morgan fingerprint density at radius 3 is 2.22 bits per heavy atom. The molecule has 3 N–H and O–H groups in total. The molecule has 0 spiro atoms. The van der Waals surface area contributed by atoms with E-state index in [0.29, 0.717) is 5.56 Å². The Balaban J connectivity index is 2.70. The van der Waals surface area contributed by atoms with Gasteiger partial charge < -0.3 is 15.5 Å². The van der Waals surface area contributed by atoms with Gasteiger partial charge in [0.15, 0.2) is 0 Å². The topological polar surface area (TPSA) is 69.6 Å². The van der Waals surface area contributed by atoms with Crippen molar-refractivity contribution in [2.45, 2.75) is 25.2 Å². The van der Waals surface area contributed by atoms with Crippen LogP contribution in [0.5, 0.6) is 5.75 Å². The predicted octanol–water partition coefficient (Wildman–Crippen LogP) is 1.49. The third kappa shape index (κ3) is 3.63. The van der Waals surface area contributed by atoms with E-state index in [1.165, 1.54) is 31.2 Å². The van der Waals surface area contributed by atoms with Gasteiger partial charge in [0, 0.05) is 0 Å². The molecule has 100 valence electrons. The van der Waals surface area contributed by atoms with E-state index >= 15 is 0 Å². The molecule has 2 atom stereocenters. The highest BCUT2D eigenvalue weighted by Gasteiger charge is 2.40. The van der Waals surface area contributed by atoms with Crippen molar-refractivity contribution in [1.29, 1.82) is 0 Å². The molecule has 0 fully saturated rings. The van der Waals surface area contributed by atoms with Gasteiger partial charge in [-0.3, -0.25) is 4.79 Å². The van der Waals surface area contributed by atoms with E-state index in [1.54, 1.807) is 5.32 Å². The van der Waals surface area contributed by atoms with E-state index in [9.17, 15) is 23.1 Å². The Hall–Kier alpha value is -1.76. The van der Waals surface area contributed by atoms with Crippen LogP contribution in [-0.2, 0) is 4.79 Å². The van der Waals surface area contributed by atoms with Crippen LogP contribution in [0.2, 0.25) is 0 Å². The number of carbonyl (C=O) groups excluding carboxylic acids is 1. The van der Waals surface area contributed by atoms with Crippen LogP contribution in [0.1, 0.15) is 18.6 Å². The zero-order valence-electron chi connectivity index (χ0n) is 9.40. The molecular weight excluding hydrogens is 251 g/mol. The standard InChI is InChI=1S/C11H12F3NO3/c1-6(15-10(18)11(12,13)14)9(17)7-2-4-8(16)5-3-7/h2-6,9,16-17H,1H3,(H,15,18)/t6-,9+/m0/s1. The van der Waals surface area contributed by atoms with E-state index in [2.05, 4.69) is 0 Å². The van der Waals surface area contributed by atoms with Gasteiger partial charge >= 0.3 is 12.1 Å². The molecule has 7 heteroatoms. The van der Waals surface area contributed by atoms with Gasteiger partial charge in [0.25, 0.3) is 0 Å². The molecule has 0 bridgehead atoms. The predicted molar refractivity (Wildman–Crippen MR) is 56.7 cm³/mol. The molecule has 0 heterocycles. The number of alkyl halides is 3. The number of hydrogen-bond acceptors (Lipinski definition) is 3. The molecule has 4 nitrogen and oxygen atoms in total. The molecule has 1 rings (SSSR count). The summed E-state index contributed by atoms with van der Waals surface area (Å²) >= 11 is 0. The van der Waals surface area contributed by atoms with Crippen LogP contribution >= 0.6 is 0 Å². The second-order valence-electron chi connectivity index (χ2n) is 3.80. The number of benzene rings is 1. The lowest BCUT2D eigenvalue weighted by Gasteiger charge is -2.21. The van der Waals surface area contributed by atoms with E-state index < -0.39 is 24.2 Å². The molecule has 0 aliphatic rings. The Bertz CT molecular complexity index is 417. The maximum absolute atomic E-state index is 12.0. The number of carbonyl (C=O) groups is 1. The average Bonchev–Trinajstić information content (AvgIpc) is 2.27. The van der Waals surface area contributed by atoms with Crippen LogP contribution in [0, 0.1) is 0 Å². The molecule has 0 aliphatic carbocycles. The molecule has 18 heavy (non-hydrogen) atoms. The average molecular weight is 263 g/mol. The Labute approximate surface area is 101 Å². The van der Waals surface area contributed by atoms with Crippen molar-refractivity contribution >= 4 is 5.91 Å². The lowest BCUT2D eigenvalue weighted by atomic mass is 10.0. The highest BCUT2D eigenvalue weighted by Crippen LogP contribution is 2.21. The number of aromatic hydroxyl groups is 1. The summed E-state index contributed by atoms with van der Waals surface area (Å²) in [5.74, 6) is -2.13. The van der Waals surface area contributed by atoms with Gasteiger partial charge in [-0.2, -0.15) is 13.2 Å². The van der Waals surface area contributed by atoms with Gasteiger partial charge in [-0.15, -0.1) is 0 Å². The van der Waals surface area contributed by atoms with Gasteiger partial charge in [-0.05, 0) is 24.6 Å². The van der Waals surface area contributed by atoms with Crippen LogP contribution in [0.3, 0.4) is 0 Å². The van der Waals surface area contributed by atoms with E-state index in [4.69, 9.17) is 5.11 Å². The zero-order valence-corrected chi connectivity index (χ0v) is 9.40. The fourth-order valence-corrected chi connectivity index (χ4v) is 1.33. The quantitative estimate of drug-likeness (QED) is 0.774. The van der Waals surface area contributed by atoms with Crippen molar-refractivity contribution < 1.29 is 28.2 Å². The number of nitrogens with one attached hydrogen (secondary N) is 1. The number of hydrogen-bond donors (Lipinski definition) is 3. The number of halogens is 3. The van der Waals surface area contributed by atoms with Crippen LogP contribution < -0.4 is 5.32 Å². The highest BCUT2D eigenvalue weighted by molar-refractivity contribution is 5.81. The molecule has 0 unspecified atom stereocenters. The summed E-state index contributed by atoms with van der Waals surface area (Å²) in [4.78, 5) is 10.7. The second-order valence-corrected chi connectivity index (χ2v) is 3.80. The number of aliphatic hydroxyl groups is 1. The minimum absolute atomic E-state index is 0.0297. The maximum atomic E-state index is 12.0. The summed E-state index contributed by atoms with van der Waals surface area (Å²) in [6.45, 7) is 1.25. The van der Waals surface area contributed by atoms with Crippen LogP contribution in [-0.4, -0.2) is 28.3 Å². The third-order valence-corrected chi connectivity index (χ3v) is 2.32. The van der Waals surface area contributed by atoms with Gasteiger partial charge in [-0.25, -0.2) is 0 Å². The first-order valence-corrected chi connectivity index (χ1v) is 5.06. The first-order chi connectivity index (χ1) is 8.21. The summed E-state index contributed by atoms with van der Waals surface area (Å²) in [5.41, 5.74) is 0.294. The van der Waals surface area contributed by atoms with E-state index in [1.807, 2.05) is 0 Å². The summed E-state index contributed by atoms with van der Waals surface area (Å²) in [7, 11) is 0. The molecule has 1 aromatic rings. The van der Waals surface area contributed by atoms with Crippen LogP contribution in [0.15, 0.2) is 24.3 Å². The molecule has 0 saturated heterocycles. The number of phenolic OH excluding ortho intramolecular Hbond substituents is 1. The normalized spacial score (nSPS) is 14.9. The SMILES string of the molecule is C[C@H](NC(=O)C(F)(F)F)[C@@H](O)c1ccc(O)cc1. The molecule has 0 saturated carbocycles. The number of amides is 1. The lowest BCUT2D eigenvalue weighted by molar-refractivity contribution is -0.175. The fourth-order valence-electron chi connectivity index (χ4n) is 1.33. The van der Waals surface area contributed by atoms with E-state index in [0.717, 1.165) is 0 Å². The second kappa shape index (κ2) is 5.26. The van der Waals surface area contributed by atoms with E-state index in [-0.39, 0.29) is 5.75 Å². The molecule has 1 aromatic carbocycles. The van der Waals surface area contributed by atoms with Crippen LogP contribution in [0.4, 0.5) is 13.2 Å². The van der Waals surface area contributed by atoms with Crippen molar-refractivity contribution in [3.63, 3.8) is 0 Å². The minimum Gasteiger partial charge on any atom is -0.508 e. The maximum Gasteiger partial charge on any atom is 0.471 e. The molecule has 0 aliphatic heterocycles. The molecular formula is C11H12F3NO3. The van der Waals surface area contributed by atoms with Gasteiger partial charge in [0.1, 0.15) is 5.75 Å². The summed E-state index contributed by atoms with van der Waals surface area (Å²) in [5, 5.41) is 20.4. The number of aliphatic hydroxyl groups excluding tert-OH is 1. The Morgan fingerprint density at radius 1 is 1.28 bits per heavy atom. The van der Waals surface area contributed by atoms with Crippen molar-refractivity contribution in [2.75, 3.05) is 0 Å². The van der Waals surface area contributed by atoms with Gasteiger partial charge in [0.05, 0.1) is 12.1 Å². The van der Waals surface area contributed by atoms with Crippen molar-refractivity contribution in [2.24, 2.45) is 0 Å². The first kappa shape index (κ1) is 14.3. The largest absolute Gasteiger partial charge is 0.508 e. The first-order valence-electron chi connectivity index (χ1n) is 5.06. The minimum atomic E-state index is -4.98. The van der Waals surface area contributed by atoms with Crippen molar-refractivity contribution in [3.8, 4) is 5.75 Å².